The molecule has 0 aromatic heterocycles. The molecule has 0 saturated heterocycles. The van der Waals surface area contributed by atoms with Crippen LogP contribution in [0.4, 0.5) is 18.9 Å². The highest BCUT2D eigenvalue weighted by atomic mass is 19.4. The van der Waals surface area contributed by atoms with Gasteiger partial charge in [0.15, 0.2) is 6.61 Å². The van der Waals surface area contributed by atoms with E-state index >= 15 is 0 Å². The van der Waals surface area contributed by atoms with Gasteiger partial charge in [-0.15, -0.1) is 0 Å². The SMILES string of the molecule is O=C(COc1ccc(/C=N/NC(=O)c2cccc(C(F)(F)F)c2)cc1)Nc1ccccc1. The summed E-state index contributed by atoms with van der Waals surface area (Å²) < 4.78 is 43.6. The predicted molar refractivity (Wildman–Crippen MR) is 114 cm³/mol. The van der Waals surface area contributed by atoms with E-state index in [0.29, 0.717) is 17.0 Å². The van der Waals surface area contributed by atoms with Crippen LogP contribution >= 0.6 is 0 Å². The number of hydrazone groups is 1. The van der Waals surface area contributed by atoms with Crippen molar-refractivity contribution >= 4 is 23.7 Å². The minimum Gasteiger partial charge on any atom is -0.484 e. The van der Waals surface area contributed by atoms with Gasteiger partial charge in [-0.25, -0.2) is 5.43 Å². The van der Waals surface area contributed by atoms with Crippen LogP contribution in [0.3, 0.4) is 0 Å². The van der Waals surface area contributed by atoms with Crippen LogP contribution in [0.1, 0.15) is 21.5 Å². The maximum atomic E-state index is 12.7. The van der Waals surface area contributed by atoms with Crippen molar-refractivity contribution in [3.63, 3.8) is 0 Å². The highest BCUT2D eigenvalue weighted by Gasteiger charge is 2.30. The lowest BCUT2D eigenvalue weighted by molar-refractivity contribution is -0.137. The van der Waals surface area contributed by atoms with E-state index in [1.54, 1.807) is 48.5 Å². The van der Waals surface area contributed by atoms with Crippen molar-refractivity contribution in [2.45, 2.75) is 6.18 Å². The van der Waals surface area contributed by atoms with Crippen LogP contribution in [-0.4, -0.2) is 24.6 Å². The lowest BCUT2D eigenvalue weighted by atomic mass is 10.1. The molecule has 0 radical (unpaired) electrons. The van der Waals surface area contributed by atoms with E-state index in [-0.39, 0.29) is 18.1 Å². The summed E-state index contributed by atoms with van der Waals surface area (Å²) in [5.41, 5.74) is 2.38. The quantitative estimate of drug-likeness (QED) is 0.419. The fourth-order valence-corrected chi connectivity index (χ4v) is 2.58. The molecule has 0 spiro atoms. The number of rotatable bonds is 7. The molecule has 3 aromatic rings. The minimum atomic E-state index is -4.54. The zero-order valence-electron chi connectivity index (χ0n) is 16.6. The molecule has 0 aliphatic carbocycles. The number of amides is 2. The van der Waals surface area contributed by atoms with Crippen molar-refractivity contribution in [3.05, 3.63) is 95.6 Å². The zero-order chi connectivity index (χ0) is 23.0. The second kappa shape index (κ2) is 10.3. The largest absolute Gasteiger partial charge is 0.484 e. The zero-order valence-corrected chi connectivity index (χ0v) is 16.6. The van der Waals surface area contributed by atoms with Gasteiger partial charge in [0.1, 0.15) is 5.75 Å². The molecule has 6 nitrogen and oxygen atoms in total. The standard InChI is InChI=1S/C23H18F3N3O3/c24-23(25,26)18-6-4-5-17(13-18)22(31)29-27-14-16-9-11-20(12-10-16)32-15-21(30)28-19-7-2-1-3-8-19/h1-14H,15H2,(H,28,30)(H,29,31)/b27-14+. The van der Waals surface area contributed by atoms with Crippen LogP contribution < -0.4 is 15.5 Å². The molecule has 2 amide bonds. The third kappa shape index (κ3) is 6.69. The van der Waals surface area contributed by atoms with Crippen LogP contribution in [0.15, 0.2) is 84.0 Å². The fourth-order valence-electron chi connectivity index (χ4n) is 2.58. The number of nitrogens with one attached hydrogen (secondary N) is 2. The summed E-state index contributed by atoms with van der Waals surface area (Å²) in [5, 5.41) is 6.45. The number of anilines is 1. The molecule has 0 bridgehead atoms. The van der Waals surface area contributed by atoms with Gasteiger partial charge in [-0.1, -0.05) is 24.3 Å². The van der Waals surface area contributed by atoms with Gasteiger partial charge < -0.3 is 10.1 Å². The van der Waals surface area contributed by atoms with Crippen molar-refractivity contribution in [2.24, 2.45) is 5.10 Å². The molecule has 164 valence electrons. The van der Waals surface area contributed by atoms with Gasteiger partial charge in [0.2, 0.25) is 0 Å². The summed E-state index contributed by atoms with van der Waals surface area (Å²) in [5.74, 6) is -0.616. The van der Waals surface area contributed by atoms with E-state index in [9.17, 15) is 22.8 Å². The van der Waals surface area contributed by atoms with E-state index in [1.807, 2.05) is 6.07 Å². The van der Waals surface area contributed by atoms with E-state index in [4.69, 9.17) is 4.74 Å². The van der Waals surface area contributed by atoms with Crippen molar-refractivity contribution in [1.29, 1.82) is 0 Å². The predicted octanol–water partition coefficient (Wildman–Crippen LogP) is 4.49. The summed E-state index contributed by atoms with van der Waals surface area (Å²) >= 11 is 0. The first-order valence-corrected chi connectivity index (χ1v) is 9.40. The monoisotopic (exact) mass is 441 g/mol. The first-order chi connectivity index (χ1) is 15.3. The molecule has 0 heterocycles. The molecule has 2 N–H and O–H groups in total. The Bertz CT molecular complexity index is 1100. The topological polar surface area (TPSA) is 79.8 Å². The van der Waals surface area contributed by atoms with Crippen LogP contribution in [0, 0.1) is 0 Å². The second-order valence-corrected chi connectivity index (χ2v) is 6.55. The lowest BCUT2D eigenvalue weighted by Gasteiger charge is -2.08. The van der Waals surface area contributed by atoms with Crippen molar-refractivity contribution in [2.75, 3.05) is 11.9 Å². The molecule has 0 atom stereocenters. The highest BCUT2D eigenvalue weighted by molar-refractivity contribution is 5.95. The molecule has 9 heteroatoms. The Morgan fingerprint density at radius 1 is 0.938 bits per heavy atom. The van der Waals surface area contributed by atoms with E-state index in [2.05, 4.69) is 15.8 Å². The summed E-state index contributed by atoms with van der Waals surface area (Å²) in [6, 6.07) is 19.5. The van der Waals surface area contributed by atoms with E-state index < -0.39 is 17.6 Å². The normalized spacial score (nSPS) is 11.2. The average Bonchev–Trinajstić information content (AvgIpc) is 2.79. The molecular formula is C23H18F3N3O3. The third-order valence-electron chi connectivity index (χ3n) is 4.14. The Hall–Kier alpha value is -4.14. The number of hydrogen-bond acceptors (Lipinski definition) is 4. The van der Waals surface area contributed by atoms with Crippen LogP contribution in [0.5, 0.6) is 5.75 Å². The maximum absolute atomic E-state index is 12.7. The number of hydrogen-bond donors (Lipinski definition) is 2. The molecule has 0 fully saturated rings. The molecule has 32 heavy (non-hydrogen) atoms. The van der Waals surface area contributed by atoms with Gasteiger partial charge in [-0.3, -0.25) is 9.59 Å². The van der Waals surface area contributed by atoms with Crippen molar-refractivity contribution < 1.29 is 27.5 Å². The Labute approximate surface area is 181 Å². The van der Waals surface area contributed by atoms with Crippen molar-refractivity contribution in [3.8, 4) is 5.75 Å². The lowest BCUT2D eigenvalue weighted by Crippen LogP contribution is -2.20. The Balaban J connectivity index is 1.49. The first kappa shape index (κ1) is 22.5. The Kier molecular flexibility index (Phi) is 7.22. The Morgan fingerprint density at radius 3 is 2.34 bits per heavy atom. The molecule has 0 aliphatic rings. The number of nitrogens with zero attached hydrogens (tertiary/aromatic N) is 1. The molecule has 3 rings (SSSR count). The van der Waals surface area contributed by atoms with Gasteiger partial charge in [0, 0.05) is 11.3 Å². The van der Waals surface area contributed by atoms with Crippen LogP contribution in [0.25, 0.3) is 0 Å². The number of benzene rings is 3. The van der Waals surface area contributed by atoms with Crippen LogP contribution in [0.2, 0.25) is 0 Å². The fraction of sp³-hybridized carbons (Fsp3) is 0.0870. The van der Waals surface area contributed by atoms with E-state index in [1.165, 1.54) is 12.3 Å². The third-order valence-corrected chi connectivity index (χ3v) is 4.14. The van der Waals surface area contributed by atoms with Gasteiger partial charge in [-0.2, -0.15) is 18.3 Å². The summed E-state index contributed by atoms with van der Waals surface area (Å²) in [7, 11) is 0. The first-order valence-electron chi connectivity index (χ1n) is 9.40. The summed E-state index contributed by atoms with van der Waals surface area (Å²) in [4.78, 5) is 23.9. The summed E-state index contributed by atoms with van der Waals surface area (Å²) in [6.07, 6.45) is -3.21. The van der Waals surface area contributed by atoms with Gasteiger partial charge in [0.25, 0.3) is 11.8 Å². The number of ether oxygens (including phenoxy) is 1. The van der Waals surface area contributed by atoms with Gasteiger partial charge >= 0.3 is 6.18 Å². The molecular weight excluding hydrogens is 423 g/mol. The molecule has 0 saturated carbocycles. The molecule has 0 aliphatic heterocycles. The number of para-hydroxylation sites is 1. The van der Waals surface area contributed by atoms with Crippen molar-refractivity contribution in [1.82, 2.24) is 5.43 Å². The van der Waals surface area contributed by atoms with E-state index in [0.717, 1.165) is 18.2 Å². The number of halogens is 3. The highest BCUT2D eigenvalue weighted by Crippen LogP contribution is 2.29. The minimum absolute atomic E-state index is 0.158. The van der Waals surface area contributed by atoms with Gasteiger partial charge in [0.05, 0.1) is 11.8 Å². The Morgan fingerprint density at radius 2 is 1.66 bits per heavy atom. The second-order valence-electron chi connectivity index (χ2n) is 6.55. The number of carbonyl (C=O) groups excluding carboxylic acids is 2. The van der Waals surface area contributed by atoms with Crippen LogP contribution in [-0.2, 0) is 11.0 Å². The molecule has 0 unspecified atom stereocenters. The maximum Gasteiger partial charge on any atom is 0.416 e. The average molecular weight is 441 g/mol. The number of carbonyl (C=O) groups is 2. The number of alkyl halides is 3. The smallest absolute Gasteiger partial charge is 0.416 e. The van der Waals surface area contributed by atoms with Gasteiger partial charge in [-0.05, 0) is 60.2 Å². The molecule has 3 aromatic carbocycles. The summed E-state index contributed by atoms with van der Waals surface area (Å²) in [6.45, 7) is -0.171.